The molecule has 0 aliphatic rings. The van der Waals surface area contributed by atoms with Crippen LogP contribution < -0.4 is 5.14 Å². The minimum absolute atomic E-state index is 0.0295. The van der Waals surface area contributed by atoms with Crippen LogP contribution in [0.1, 0.15) is 12.0 Å². The summed E-state index contributed by atoms with van der Waals surface area (Å²) in [6.07, 6.45) is -2.79. The van der Waals surface area contributed by atoms with Crippen molar-refractivity contribution >= 4 is 48.5 Å². The van der Waals surface area contributed by atoms with Crippen molar-refractivity contribution in [3.05, 3.63) is 19.9 Å². The highest BCUT2D eigenvalue weighted by Crippen LogP contribution is 2.29. The molecule has 0 bridgehead atoms. The van der Waals surface area contributed by atoms with Crippen LogP contribution in [0.15, 0.2) is 15.6 Å². The molecule has 0 saturated carbocycles. The van der Waals surface area contributed by atoms with Gasteiger partial charge >= 0.3 is 0 Å². The molecule has 0 aliphatic heterocycles. The molecule has 0 amide bonds. The second-order valence-corrected chi connectivity index (χ2v) is 5.81. The number of aromatic nitrogens is 1. The lowest BCUT2D eigenvalue weighted by Gasteiger charge is -2.06. The van der Waals surface area contributed by atoms with Crippen LogP contribution in [0.25, 0.3) is 0 Å². The van der Waals surface area contributed by atoms with E-state index in [1.54, 1.807) is 22.6 Å². The van der Waals surface area contributed by atoms with Gasteiger partial charge in [-0.25, -0.2) is 27.3 Å². The third-order valence-corrected chi connectivity index (χ3v) is 4.12. The molecule has 1 aromatic rings. The smallest absolute Gasteiger partial charge is 0.233 e. The third-order valence-electron chi connectivity index (χ3n) is 1.47. The first-order valence-electron chi connectivity index (χ1n) is 3.40. The van der Waals surface area contributed by atoms with E-state index in [1.165, 1.54) is 0 Å². The standard InChI is InChI=1S/C6H4BrF2IN2O2S/c7-4-3(15(11,13)14)1-2(5(8)9)6(10)12-4/h1,5H,(H2,11,13,14). The summed E-state index contributed by atoms with van der Waals surface area (Å²) < 4.78 is 46.8. The monoisotopic (exact) mass is 412 g/mol. The van der Waals surface area contributed by atoms with Crippen molar-refractivity contribution in [3.63, 3.8) is 0 Å². The summed E-state index contributed by atoms with van der Waals surface area (Å²) in [5, 5.41) is 4.83. The molecule has 0 saturated heterocycles. The zero-order chi connectivity index (χ0) is 11.8. The number of sulfonamides is 1. The van der Waals surface area contributed by atoms with Crippen molar-refractivity contribution in [2.75, 3.05) is 0 Å². The van der Waals surface area contributed by atoms with E-state index >= 15 is 0 Å². The molecule has 1 heterocycles. The number of alkyl halides is 2. The van der Waals surface area contributed by atoms with E-state index in [9.17, 15) is 17.2 Å². The predicted molar refractivity (Wildman–Crippen MR) is 61.0 cm³/mol. The van der Waals surface area contributed by atoms with E-state index in [2.05, 4.69) is 20.9 Å². The maximum absolute atomic E-state index is 12.4. The van der Waals surface area contributed by atoms with Crippen molar-refractivity contribution in [3.8, 4) is 0 Å². The van der Waals surface area contributed by atoms with Crippen LogP contribution in [0.3, 0.4) is 0 Å². The number of hydrogen-bond donors (Lipinski definition) is 1. The molecule has 84 valence electrons. The zero-order valence-corrected chi connectivity index (χ0v) is 11.5. The Labute approximate surface area is 107 Å². The summed E-state index contributed by atoms with van der Waals surface area (Å²) in [5.74, 6) is 0. The van der Waals surface area contributed by atoms with Crippen LogP contribution in [0, 0.1) is 3.70 Å². The molecule has 9 heteroatoms. The Morgan fingerprint density at radius 1 is 1.53 bits per heavy atom. The van der Waals surface area contributed by atoms with Gasteiger partial charge in [0.2, 0.25) is 10.0 Å². The first-order chi connectivity index (χ1) is 6.73. The second-order valence-electron chi connectivity index (χ2n) is 2.50. The fourth-order valence-corrected chi connectivity index (χ4v) is 3.32. The van der Waals surface area contributed by atoms with Gasteiger partial charge in [-0.05, 0) is 44.6 Å². The van der Waals surface area contributed by atoms with Crippen LogP contribution in [0.2, 0.25) is 0 Å². The van der Waals surface area contributed by atoms with E-state index in [0.29, 0.717) is 0 Å². The van der Waals surface area contributed by atoms with Crippen molar-refractivity contribution in [1.82, 2.24) is 4.98 Å². The van der Waals surface area contributed by atoms with Crippen LogP contribution in [-0.4, -0.2) is 13.4 Å². The second kappa shape index (κ2) is 4.55. The van der Waals surface area contributed by atoms with Crippen LogP contribution in [0.5, 0.6) is 0 Å². The molecule has 1 aromatic heterocycles. The topological polar surface area (TPSA) is 73.1 Å². The van der Waals surface area contributed by atoms with Gasteiger partial charge < -0.3 is 0 Å². The molecule has 0 fully saturated rings. The summed E-state index contributed by atoms with van der Waals surface area (Å²) in [7, 11) is -4.05. The van der Waals surface area contributed by atoms with Gasteiger partial charge in [-0.2, -0.15) is 0 Å². The average Bonchev–Trinajstić information content (AvgIpc) is 2.00. The molecule has 0 unspecified atom stereocenters. The molecule has 0 aliphatic carbocycles. The maximum atomic E-state index is 12.4. The Balaban J connectivity index is 3.50. The number of pyridine rings is 1. The minimum Gasteiger partial charge on any atom is -0.233 e. The number of primary sulfonamides is 1. The van der Waals surface area contributed by atoms with Gasteiger partial charge in [0.25, 0.3) is 6.43 Å². The van der Waals surface area contributed by atoms with E-state index in [1.807, 2.05) is 0 Å². The lowest BCUT2D eigenvalue weighted by atomic mass is 10.3. The molecular formula is C6H4BrF2IN2O2S. The summed E-state index contributed by atoms with van der Waals surface area (Å²) >= 11 is 4.44. The van der Waals surface area contributed by atoms with Crippen molar-refractivity contribution in [2.45, 2.75) is 11.3 Å². The fraction of sp³-hybridized carbons (Fsp3) is 0.167. The Bertz CT molecular complexity index is 494. The van der Waals surface area contributed by atoms with Gasteiger partial charge in [0.15, 0.2) is 0 Å². The van der Waals surface area contributed by atoms with E-state index < -0.39 is 26.9 Å². The van der Waals surface area contributed by atoms with Crippen LogP contribution in [0.4, 0.5) is 8.78 Å². The quantitative estimate of drug-likeness (QED) is 0.596. The molecule has 0 radical (unpaired) electrons. The molecule has 4 nitrogen and oxygen atoms in total. The van der Waals surface area contributed by atoms with E-state index in [4.69, 9.17) is 5.14 Å². The first-order valence-corrected chi connectivity index (χ1v) is 6.82. The highest BCUT2D eigenvalue weighted by atomic mass is 127. The summed E-state index contributed by atoms with van der Waals surface area (Å²) in [4.78, 5) is 3.18. The number of nitrogens with zero attached hydrogens (tertiary/aromatic N) is 1. The predicted octanol–water partition coefficient (Wildman–Crippen LogP) is 2.03. The number of hydrogen-bond acceptors (Lipinski definition) is 3. The molecule has 15 heavy (non-hydrogen) atoms. The Morgan fingerprint density at radius 2 is 2.07 bits per heavy atom. The lowest BCUT2D eigenvalue weighted by molar-refractivity contribution is 0.149. The van der Waals surface area contributed by atoms with Gasteiger partial charge in [0.1, 0.15) is 13.2 Å². The lowest BCUT2D eigenvalue weighted by Crippen LogP contribution is -2.14. The highest BCUT2D eigenvalue weighted by molar-refractivity contribution is 14.1. The van der Waals surface area contributed by atoms with Gasteiger partial charge in [-0.3, -0.25) is 0 Å². The zero-order valence-electron chi connectivity index (χ0n) is 6.92. The van der Waals surface area contributed by atoms with Gasteiger partial charge in [0.05, 0.1) is 5.56 Å². The molecule has 0 aromatic carbocycles. The normalized spacial score (nSPS) is 12.1. The first kappa shape index (κ1) is 13.2. The van der Waals surface area contributed by atoms with Crippen molar-refractivity contribution < 1.29 is 17.2 Å². The largest absolute Gasteiger partial charge is 0.266 e. The Kier molecular flexibility index (Phi) is 4.01. The molecule has 1 rings (SSSR count). The Morgan fingerprint density at radius 3 is 2.47 bits per heavy atom. The molecule has 0 spiro atoms. The van der Waals surface area contributed by atoms with Crippen molar-refractivity contribution in [2.24, 2.45) is 5.14 Å². The van der Waals surface area contributed by atoms with E-state index in [-0.39, 0.29) is 8.30 Å². The molecule has 0 atom stereocenters. The number of halogens is 4. The number of rotatable bonds is 2. The van der Waals surface area contributed by atoms with Gasteiger partial charge in [0, 0.05) is 0 Å². The van der Waals surface area contributed by atoms with E-state index in [0.717, 1.165) is 6.07 Å². The Hall–Kier alpha value is 0.130. The maximum Gasteiger partial charge on any atom is 0.266 e. The highest BCUT2D eigenvalue weighted by Gasteiger charge is 2.21. The SMILES string of the molecule is NS(=O)(=O)c1cc(C(F)F)c(I)nc1Br. The fourth-order valence-electron chi connectivity index (χ4n) is 0.819. The minimum atomic E-state index is -4.05. The van der Waals surface area contributed by atoms with Gasteiger partial charge in [-0.15, -0.1) is 0 Å². The van der Waals surface area contributed by atoms with Crippen molar-refractivity contribution in [1.29, 1.82) is 0 Å². The average molecular weight is 413 g/mol. The van der Waals surface area contributed by atoms with Crippen LogP contribution >= 0.6 is 38.5 Å². The third kappa shape index (κ3) is 3.04. The molecular weight excluding hydrogens is 409 g/mol. The van der Waals surface area contributed by atoms with Crippen LogP contribution in [-0.2, 0) is 10.0 Å². The summed E-state index contributed by atoms with van der Waals surface area (Å²) in [5.41, 5.74) is -0.456. The summed E-state index contributed by atoms with van der Waals surface area (Å²) in [6.45, 7) is 0. The van der Waals surface area contributed by atoms with Gasteiger partial charge in [-0.1, -0.05) is 0 Å². The molecule has 2 N–H and O–H groups in total. The summed E-state index contributed by atoms with van der Waals surface area (Å²) in [6, 6.07) is 0.818. The number of nitrogens with two attached hydrogens (primary N) is 1.